The van der Waals surface area contributed by atoms with E-state index in [-0.39, 0.29) is 35.5 Å². The summed E-state index contributed by atoms with van der Waals surface area (Å²) in [5.74, 6) is -2.28. The van der Waals surface area contributed by atoms with E-state index in [2.05, 4.69) is 5.32 Å². The SMILES string of the molecule is COc1ccc(Cl)cc1NC(=O)COC(=O)CN1C(=O)[C@H]2[C@H](C1=O)[C@H]1C=C[C@H]2C1. The van der Waals surface area contributed by atoms with Crippen molar-refractivity contribution in [3.8, 4) is 5.75 Å². The first-order valence-electron chi connectivity index (χ1n) is 9.21. The Morgan fingerprint density at radius 1 is 1.17 bits per heavy atom. The highest BCUT2D eigenvalue weighted by Gasteiger charge is 2.59. The highest BCUT2D eigenvalue weighted by Crippen LogP contribution is 2.52. The standard InChI is InChI=1S/C20H19ClN2O6/c1-28-14-5-4-12(21)7-13(14)22-15(24)9-29-16(25)8-23-19(26)17-10-2-3-11(6-10)18(17)20(23)27/h2-5,7,10-11,17-18H,6,8-9H2,1H3,(H,22,24)/t10-,11-,17+,18+/m0/s1. The molecule has 0 aromatic heterocycles. The molecule has 1 aromatic rings. The number of allylic oxidation sites excluding steroid dienone is 2. The molecule has 4 rings (SSSR count). The third-order valence-electron chi connectivity index (χ3n) is 5.65. The van der Waals surface area contributed by atoms with Crippen molar-refractivity contribution in [3.63, 3.8) is 0 Å². The van der Waals surface area contributed by atoms with Gasteiger partial charge < -0.3 is 14.8 Å². The van der Waals surface area contributed by atoms with Crippen molar-refractivity contribution in [3.05, 3.63) is 35.4 Å². The van der Waals surface area contributed by atoms with Crippen molar-refractivity contribution in [1.82, 2.24) is 4.90 Å². The van der Waals surface area contributed by atoms with Crippen molar-refractivity contribution in [2.45, 2.75) is 6.42 Å². The largest absolute Gasteiger partial charge is 0.495 e. The zero-order valence-electron chi connectivity index (χ0n) is 15.6. The highest BCUT2D eigenvalue weighted by molar-refractivity contribution is 6.31. The molecule has 1 saturated carbocycles. The van der Waals surface area contributed by atoms with Crippen LogP contribution >= 0.6 is 11.6 Å². The minimum atomic E-state index is -0.819. The number of esters is 1. The van der Waals surface area contributed by atoms with Gasteiger partial charge in [0.15, 0.2) is 6.61 Å². The van der Waals surface area contributed by atoms with Gasteiger partial charge in [-0.3, -0.25) is 24.1 Å². The Labute approximate surface area is 171 Å². The van der Waals surface area contributed by atoms with Gasteiger partial charge in [-0.25, -0.2) is 0 Å². The Bertz CT molecular complexity index is 900. The molecule has 9 heteroatoms. The van der Waals surface area contributed by atoms with E-state index in [0.717, 1.165) is 11.3 Å². The van der Waals surface area contributed by atoms with Crippen LogP contribution in [0.5, 0.6) is 5.75 Å². The number of fused-ring (bicyclic) bond motifs is 5. The van der Waals surface area contributed by atoms with Gasteiger partial charge in [-0.05, 0) is 36.5 Å². The van der Waals surface area contributed by atoms with Crippen LogP contribution in [0.25, 0.3) is 0 Å². The number of ether oxygens (including phenoxy) is 2. The van der Waals surface area contributed by atoms with Crippen LogP contribution in [-0.4, -0.2) is 48.9 Å². The summed E-state index contributed by atoms with van der Waals surface area (Å²) in [7, 11) is 1.44. The quantitative estimate of drug-likeness (QED) is 0.428. The summed E-state index contributed by atoms with van der Waals surface area (Å²) in [6, 6.07) is 4.70. The third-order valence-corrected chi connectivity index (χ3v) is 5.88. The third kappa shape index (κ3) is 3.48. The average Bonchev–Trinajstić information content (AvgIpc) is 3.37. The van der Waals surface area contributed by atoms with E-state index in [0.29, 0.717) is 16.5 Å². The number of hydrogen-bond donors (Lipinski definition) is 1. The van der Waals surface area contributed by atoms with Gasteiger partial charge in [0.1, 0.15) is 12.3 Å². The predicted molar refractivity (Wildman–Crippen MR) is 102 cm³/mol. The molecule has 3 amide bonds. The van der Waals surface area contributed by atoms with E-state index < -0.39 is 25.0 Å². The second kappa shape index (κ2) is 7.51. The molecule has 3 aliphatic rings. The number of amides is 3. The van der Waals surface area contributed by atoms with Crippen molar-refractivity contribution in [1.29, 1.82) is 0 Å². The number of likely N-dealkylation sites (tertiary alicyclic amines) is 1. The first kappa shape index (κ1) is 19.4. The minimum Gasteiger partial charge on any atom is -0.495 e. The number of carbonyl (C=O) groups is 4. The summed E-state index contributed by atoms with van der Waals surface area (Å²) in [5.41, 5.74) is 0.335. The summed E-state index contributed by atoms with van der Waals surface area (Å²) in [6.07, 6.45) is 4.78. The molecule has 0 radical (unpaired) electrons. The van der Waals surface area contributed by atoms with E-state index in [1.54, 1.807) is 12.1 Å². The van der Waals surface area contributed by atoms with Crippen molar-refractivity contribution in [2.75, 3.05) is 25.6 Å². The maximum atomic E-state index is 12.6. The molecule has 0 unspecified atom stereocenters. The Hall–Kier alpha value is -2.87. The van der Waals surface area contributed by atoms with Crippen LogP contribution < -0.4 is 10.1 Å². The average molecular weight is 419 g/mol. The molecule has 1 N–H and O–H groups in total. The molecule has 1 heterocycles. The molecule has 1 aromatic carbocycles. The molecule has 2 aliphatic carbocycles. The number of rotatable bonds is 6. The van der Waals surface area contributed by atoms with Gasteiger partial charge in [0, 0.05) is 5.02 Å². The zero-order chi connectivity index (χ0) is 20.7. The smallest absolute Gasteiger partial charge is 0.326 e. The number of halogens is 1. The normalized spacial score (nSPS) is 26.6. The molecule has 2 bridgehead atoms. The van der Waals surface area contributed by atoms with Gasteiger partial charge in [0.05, 0.1) is 24.6 Å². The molecule has 8 nitrogen and oxygen atoms in total. The summed E-state index contributed by atoms with van der Waals surface area (Å²) < 4.78 is 10.1. The first-order valence-corrected chi connectivity index (χ1v) is 9.59. The van der Waals surface area contributed by atoms with E-state index in [1.807, 2.05) is 12.2 Å². The van der Waals surface area contributed by atoms with E-state index in [1.165, 1.54) is 13.2 Å². The summed E-state index contributed by atoms with van der Waals surface area (Å²) in [6.45, 7) is -1.05. The molecule has 152 valence electrons. The molecule has 0 spiro atoms. The van der Waals surface area contributed by atoms with Crippen molar-refractivity contribution < 1.29 is 28.7 Å². The number of carbonyl (C=O) groups excluding carboxylic acids is 4. The minimum absolute atomic E-state index is 0.0703. The van der Waals surface area contributed by atoms with Crippen LogP contribution in [0, 0.1) is 23.7 Å². The Morgan fingerprint density at radius 2 is 1.83 bits per heavy atom. The lowest BCUT2D eigenvalue weighted by Gasteiger charge is -2.16. The monoisotopic (exact) mass is 418 g/mol. The number of methoxy groups -OCH3 is 1. The maximum Gasteiger partial charge on any atom is 0.326 e. The molecule has 2 fully saturated rings. The lowest BCUT2D eigenvalue weighted by atomic mass is 9.85. The fourth-order valence-electron chi connectivity index (χ4n) is 4.40. The zero-order valence-corrected chi connectivity index (χ0v) is 16.3. The van der Waals surface area contributed by atoms with Gasteiger partial charge >= 0.3 is 5.97 Å². The number of hydrogen-bond acceptors (Lipinski definition) is 6. The van der Waals surface area contributed by atoms with Crippen LogP contribution in [0.4, 0.5) is 5.69 Å². The Morgan fingerprint density at radius 3 is 2.45 bits per heavy atom. The fourth-order valence-corrected chi connectivity index (χ4v) is 4.58. The van der Waals surface area contributed by atoms with Crippen LogP contribution in [0.15, 0.2) is 30.4 Å². The Kier molecular flexibility index (Phi) is 5.04. The van der Waals surface area contributed by atoms with Crippen molar-refractivity contribution in [2.24, 2.45) is 23.7 Å². The lowest BCUT2D eigenvalue weighted by molar-refractivity contribution is -0.154. The van der Waals surface area contributed by atoms with Gasteiger partial charge in [-0.1, -0.05) is 23.8 Å². The van der Waals surface area contributed by atoms with Crippen molar-refractivity contribution >= 4 is 41.0 Å². The second-order valence-electron chi connectivity index (χ2n) is 7.32. The van der Waals surface area contributed by atoms with E-state index in [9.17, 15) is 19.2 Å². The predicted octanol–water partition coefficient (Wildman–Crippen LogP) is 1.64. The fraction of sp³-hybridized carbons (Fsp3) is 0.400. The Balaban J connectivity index is 1.31. The number of anilines is 1. The number of nitrogens with zero attached hydrogens (tertiary/aromatic N) is 1. The topological polar surface area (TPSA) is 102 Å². The van der Waals surface area contributed by atoms with Crippen LogP contribution in [0.1, 0.15) is 6.42 Å². The number of imide groups is 1. The molecule has 4 atom stereocenters. The summed E-state index contributed by atoms with van der Waals surface area (Å²) in [5, 5.41) is 2.94. The molecular formula is C20H19ClN2O6. The summed E-state index contributed by atoms with van der Waals surface area (Å²) >= 11 is 5.91. The second-order valence-corrected chi connectivity index (χ2v) is 7.75. The maximum absolute atomic E-state index is 12.6. The van der Waals surface area contributed by atoms with Crippen LogP contribution in [-0.2, 0) is 23.9 Å². The lowest BCUT2D eigenvalue weighted by Crippen LogP contribution is -2.38. The van der Waals surface area contributed by atoms with Gasteiger partial charge in [0.2, 0.25) is 11.8 Å². The summed E-state index contributed by atoms with van der Waals surface area (Å²) in [4.78, 5) is 50.3. The van der Waals surface area contributed by atoms with Gasteiger partial charge in [-0.2, -0.15) is 0 Å². The molecule has 1 saturated heterocycles. The van der Waals surface area contributed by atoms with Gasteiger partial charge in [0.25, 0.3) is 5.91 Å². The highest BCUT2D eigenvalue weighted by atomic mass is 35.5. The van der Waals surface area contributed by atoms with Gasteiger partial charge in [-0.15, -0.1) is 0 Å². The molecule has 1 aliphatic heterocycles. The molecular weight excluding hydrogens is 400 g/mol. The van der Waals surface area contributed by atoms with Crippen LogP contribution in [0.2, 0.25) is 5.02 Å². The number of benzene rings is 1. The first-order chi connectivity index (χ1) is 13.9. The van der Waals surface area contributed by atoms with E-state index >= 15 is 0 Å². The van der Waals surface area contributed by atoms with Crippen LogP contribution in [0.3, 0.4) is 0 Å². The van der Waals surface area contributed by atoms with E-state index in [4.69, 9.17) is 21.1 Å². The molecule has 29 heavy (non-hydrogen) atoms. The number of nitrogens with one attached hydrogen (secondary N) is 1.